The molecule has 1 N–H and O–H groups in total. The third-order valence-electron chi connectivity index (χ3n) is 5.90. The summed E-state index contributed by atoms with van der Waals surface area (Å²) in [7, 11) is 1.31. The number of rotatable bonds is 8. The number of nitrogens with zero attached hydrogens (tertiary/aromatic N) is 2. The van der Waals surface area contributed by atoms with Crippen LogP contribution in [0.2, 0.25) is 0 Å². The maximum absolute atomic E-state index is 13.3. The van der Waals surface area contributed by atoms with E-state index >= 15 is 0 Å². The van der Waals surface area contributed by atoms with Crippen LogP contribution in [0.15, 0.2) is 36.8 Å². The van der Waals surface area contributed by atoms with Crippen molar-refractivity contribution in [1.29, 1.82) is 0 Å². The van der Waals surface area contributed by atoms with Gasteiger partial charge in [0.05, 0.1) is 13.0 Å². The lowest BCUT2D eigenvalue weighted by Gasteiger charge is -2.29. The van der Waals surface area contributed by atoms with Crippen LogP contribution < -0.4 is 14.8 Å². The van der Waals surface area contributed by atoms with Gasteiger partial charge in [-0.2, -0.15) is 0 Å². The third-order valence-corrected chi connectivity index (χ3v) is 5.90. The summed E-state index contributed by atoms with van der Waals surface area (Å²) in [6.07, 6.45) is 2.19. The van der Waals surface area contributed by atoms with Gasteiger partial charge in [0.15, 0.2) is 23.6 Å². The Bertz CT molecular complexity index is 1250. The molecule has 0 unspecified atom stereocenters. The predicted octanol–water partition coefficient (Wildman–Crippen LogP) is 1.42. The summed E-state index contributed by atoms with van der Waals surface area (Å²) in [6, 6.07) is 3.36. The van der Waals surface area contributed by atoms with Gasteiger partial charge in [-0.25, -0.2) is 9.78 Å². The van der Waals surface area contributed by atoms with E-state index in [0.29, 0.717) is 5.56 Å². The van der Waals surface area contributed by atoms with E-state index in [1.54, 1.807) is 38.4 Å². The normalized spacial score (nSPS) is 21.1. The number of esters is 4. The molecule has 0 saturated carbocycles. The van der Waals surface area contributed by atoms with Crippen molar-refractivity contribution in [1.82, 2.24) is 15.3 Å². The van der Waals surface area contributed by atoms with Crippen LogP contribution in [0.25, 0.3) is 0 Å². The van der Waals surface area contributed by atoms with Gasteiger partial charge in [-0.15, -0.1) is 0 Å². The topological polar surface area (TPSA) is 169 Å². The van der Waals surface area contributed by atoms with Gasteiger partial charge < -0.3 is 29.0 Å². The molecule has 4 atom stereocenters. The zero-order valence-electron chi connectivity index (χ0n) is 22.7. The predicted molar refractivity (Wildman–Crippen MR) is 136 cm³/mol. The molecule has 13 nitrogen and oxygen atoms in total. The zero-order valence-corrected chi connectivity index (χ0v) is 22.7. The summed E-state index contributed by atoms with van der Waals surface area (Å²) < 4.78 is 26.9. The lowest BCUT2D eigenvalue weighted by Crippen LogP contribution is -2.47. The molecule has 214 valence electrons. The number of ether oxygens (including phenoxy) is 5. The van der Waals surface area contributed by atoms with Crippen molar-refractivity contribution in [3.05, 3.63) is 48.0 Å². The molecule has 1 fully saturated rings. The molecule has 1 saturated heterocycles. The Kier molecular flexibility index (Phi) is 10.1. The number of aromatic nitrogens is 2. The molecule has 0 radical (unpaired) electrons. The van der Waals surface area contributed by atoms with Crippen LogP contribution in [0.4, 0.5) is 0 Å². The molecule has 40 heavy (non-hydrogen) atoms. The molecular weight excluding hydrogens is 526 g/mol. The van der Waals surface area contributed by atoms with E-state index in [-0.39, 0.29) is 23.6 Å². The maximum Gasteiger partial charge on any atom is 0.332 e. The molecular formula is C27H31N3O10. The van der Waals surface area contributed by atoms with E-state index in [0.717, 1.165) is 6.92 Å². The maximum atomic E-state index is 13.3. The van der Waals surface area contributed by atoms with Crippen molar-refractivity contribution in [3.63, 3.8) is 0 Å². The first-order valence-corrected chi connectivity index (χ1v) is 12.5. The first-order chi connectivity index (χ1) is 19.0. The van der Waals surface area contributed by atoms with Gasteiger partial charge in [0.25, 0.3) is 5.91 Å². The second-order valence-electron chi connectivity index (χ2n) is 9.31. The zero-order chi connectivity index (χ0) is 29.4. The van der Waals surface area contributed by atoms with Gasteiger partial charge in [0.2, 0.25) is 5.75 Å². The number of pyridine rings is 2. The van der Waals surface area contributed by atoms with E-state index in [1.807, 2.05) is 0 Å². The van der Waals surface area contributed by atoms with Gasteiger partial charge in [-0.1, -0.05) is 19.9 Å². The average Bonchev–Trinajstić information content (AvgIpc) is 2.95. The summed E-state index contributed by atoms with van der Waals surface area (Å²) in [5, 5.41) is 2.41. The van der Waals surface area contributed by atoms with E-state index in [2.05, 4.69) is 15.3 Å². The fourth-order valence-corrected chi connectivity index (χ4v) is 3.88. The van der Waals surface area contributed by atoms with Gasteiger partial charge in [-0.3, -0.25) is 24.2 Å². The average molecular weight is 558 g/mol. The Morgan fingerprint density at radius 2 is 1.90 bits per heavy atom. The van der Waals surface area contributed by atoms with Gasteiger partial charge in [0.1, 0.15) is 18.6 Å². The smallest absolute Gasteiger partial charge is 0.332 e. The lowest BCUT2D eigenvalue weighted by atomic mass is 9.91. The summed E-state index contributed by atoms with van der Waals surface area (Å²) in [5.41, 5.74) is 0.319. The number of methoxy groups -OCH3 is 1. The molecule has 2 aromatic heterocycles. The Labute approximate surface area is 230 Å². The van der Waals surface area contributed by atoms with Crippen LogP contribution in [0, 0.1) is 11.8 Å². The minimum Gasteiger partial charge on any atom is -0.493 e. The molecule has 2 aromatic rings. The van der Waals surface area contributed by atoms with Gasteiger partial charge in [-0.05, 0) is 25.0 Å². The quantitative estimate of drug-likeness (QED) is 0.366. The van der Waals surface area contributed by atoms with Crippen molar-refractivity contribution in [2.45, 2.75) is 52.4 Å². The molecule has 0 aromatic carbocycles. The molecule has 0 bridgehead atoms. The SMILES string of the molecule is COc1ccnc(C(=O)N[C@H]2COC(=O)[C@H](Cc3cccnc3)[C@@H](OC(=O)C(C)C)[C@H](C)OC2=O)c1OC(C)=O. The molecule has 0 spiro atoms. The molecule has 0 aliphatic carbocycles. The highest BCUT2D eigenvalue weighted by molar-refractivity contribution is 5.98. The Morgan fingerprint density at radius 1 is 1.15 bits per heavy atom. The monoisotopic (exact) mass is 557 g/mol. The van der Waals surface area contributed by atoms with Crippen molar-refractivity contribution < 1.29 is 47.7 Å². The van der Waals surface area contributed by atoms with Crippen LogP contribution in [0.1, 0.15) is 43.7 Å². The standard InChI is InChI=1S/C27H31N3O10/c1-14(2)25(33)40-22-15(3)38-27(35)19(13-37-26(34)18(22)11-17-7-6-9-28-12-17)30-24(32)21-23(39-16(4)31)20(36-5)8-10-29-21/h6-10,12,14-15,18-19,22H,11,13H2,1-5H3,(H,30,32)/t15-,18+,19-,22-/m0/s1. The number of carbonyl (C=O) groups excluding carboxylic acids is 5. The third kappa shape index (κ3) is 7.52. The second-order valence-corrected chi connectivity index (χ2v) is 9.31. The number of carbonyl (C=O) groups is 5. The Morgan fingerprint density at radius 3 is 2.52 bits per heavy atom. The minimum atomic E-state index is -1.46. The summed E-state index contributed by atoms with van der Waals surface area (Å²) in [6.45, 7) is 5.29. The fraction of sp³-hybridized carbons (Fsp3) is 0.444. The fourth-order valence-electron chi connectivity index (χ4n) is 3.88. The van der Waals surface area contributed by atoms with E-state index < -0.39 is 66.5 Å². The number of amides is 1. The van der Waals surface area contributed by atoms with Gasteiger partial charge in [0, 0.05) is 31.6 Å². The number of hydrogen-bond donors (Lipinski definition) is 1. The minimum absolute atomic E-state index is 0.0560. The highest BCUT2D eigenvalue weighted by Gasteiger charge is 2.42. The molecule has 1 aliphatic heterocycles. The van der Waals surface area contributed by atoms with Crippen LogP contribution in [0.5, 0.6) is 11.5 Å². The summed E-state index contributed by atoms with van der Waals surface area (Å²) in [5.74, 6) is -5.72. The first kappa shape index (κ1) is 30.0. The van der Waals surface area contributed by atoms with Crippen LogP contribution >= 0.6 is 0 Å². The highest BCUT2D eigenvalue weighted by atomic mass is 16.6. The van der Waals surface area contributed by atoms with Crippen LogP contribution in [-0.4, -0.2) is 71.7 Å². The van der Waals surface area contributed by atoms with E-state index in [9.17, 15) is 24.0 Å². The van der Waals surface area contributed by atoms with Crippen molar-refractivity contribution in [2.75, 3.05) is 13.7 Å². The molecule has 3 heterocycles. The Hall–Kier alpha value is -4.55. The largest absolute Gasteiger partial charge is 0.493 e. The lowest BCUT2D eigenvalue weighted by molar-refractivity contribution is -0.176. The van der Waals surface area contributed by atoms with Gasteiger partial charge >= 0.3 is 23.9 Å². The van der Waals surface area contributed by atoms with Crippen molar-refractivity contribution in [2.24, 2.45) is 11.8 Å². The molecule has 13 heteroatoms. The van der Waals surface area contributed by atoms with Crippen molar-refractivity contribution in [3.8, 4) is 11.5 Å². The highest BCUT2D eigenvalue weighted by Crippen LogP contribution is 2.30. The Balaban J connectivity index is 1.90. The van der Waals surface area contributed by atoms with Crippen LogP contribution in [0.3, 0.4) is 0 Å². The second kappa shape index (κ2) is 13.5. The number of nitrogens with one attached hydrogen (secondary N) is 1. The molecule has 1 amide bonds. The molecule has 3 rings (SSSR count). The van der Waals surface area contributed by atoms with Crippen LogP contribution in [-0.2, 0) is 39.8 Å². The number of cyclic esters (lactones) is 2. The summed E-state index contributed by atoms with van der Waals surface area (Å²) in [4.78, 5) is 71.6. The summed E-state index contributed by atoms with van der Waals surface area (Å²) >= 11 is 0. The number of hydrogen-bond acceptors (Lipinski definition) is 12. The van der Waals surface area contributed by atoms with E-state index in [1.165, 1.54) is 26.3 Å². The van der Waals surface area contributed by atoms with Crippen molar-refractivity contribution >= 4 is 29.8 Å². The first-order valence-electron chi connectivity index (χ1n) is 12.5. The molecule has 1 aliphatic rings. The van der Waals surface area contributed by atoms with E-state index in [4.69, 9.17) is 23.7 Å².